The fraction of sp³-hybridized carbons (Fsp3) is 0.0870. The molecule has 6 heteroatoms. The molecule has 0 aliphatic rings. The maximum absolute atomic E-state index is 9.59. The van der Waals surface area contributed by atoms with E-state index in [1.807, 2.05) is 48.5 Å². The Morgan fingerprint density at radius 2 is 1.90 bits per heavy atom. The van der Waals surface area contributed by atoms with Crippen LogP contribution in [0.3, 0.4) is 0 Å². The number of hydrogen-bond acceptors (Lipinski definition) is 3. The van der Waals surface area contributed by atoms with E-state index in [0.29, 0.717) is 33.7 Å². The molecule has 0 fully saturated rings. The Labute approximate surface area is 193 Å². The molecule has 0 spiro atoms. The first-order valence-corrected chi connectivity index (χ1v) is 10.5. The van der Waals surface area contributed by atoms with Crippen LogP contribution in [-0.4, -0.2) is 7.11 Å². The lowest BCUT2D eigenvalue weighted by molar-refractivity contribution is 0.282. The molecule has 0 N–H and O–H groups in total. The molecule has 3 aromatic carbocycles. The quantitative estimate of drug-likeness (QED) is 0.190. The molecule has 3 nitrogen and oxygen atoms in total. The number of halogens is 3. The molecule has 0 saturated heterocycles. The van der Waals surface area contributed by atoms with Crippen molar-refractivity contribution in [1.82, 2.24) is 0 Å². The Balaban J connectivity index is 1.91. The topological polar surface area (TPSA) is 42.2 Å². The molecule has 3 rings (SSSR count). The standard InChI is InChI=1S/C23H16Cl2INO2/c1-28-22-11-15(9-18(13-27)16-6-4-7-19(24)12-16)10-21(26)23(22)29-14-17-5-2-3-8-20(17)25/h2-12H,14H2,1H3/b18-9-. The summed E-state index contributed by atoms with van der Waals surface area (Å²) in [6, 6.07) is 20.8. The van der Waals surface area contributed by atoms with Crippen molar-refractivity contribution in [2.75, 3.05) is 7.11 Å². The van der Waals surface area contributed by atoms with Crippen molar-refractivity contribution in [1.29, 1.82) is 5.26 Å². The Morgan fingerprint density at radius 3 is 2.59 bits per heavy atom. The van der Waals surface area contributed by atoms with E-state index >= 15 is 0 Å². The summed E-state index contributed by atoms with van der Waals surface area (Å²) in [6.45, 7) is 0.327. The number of allylic oxidation sites excluding steroid dienone is 1. The number of benzene rings is 3. The van der Waals surface area contributed by atoms with Crippen molar-refractivity contribution < 1.29 is 9.47 Å². The van der Waals surface area contributed by atoms with Gasteiger partial charge < -0.3 is 9.47 Å². The zero-order chi connectivity index (χ0) is 20.8. The molecule has 0 amide bonds. The zero-order valence-corrected chi connectivity index (χ0v) is 19.1. The molecule has 0 aliphatic heterocycles. The molecular formula is C23H16Cl2INO2. The molecule has 0 saturated carbocycles. The van der Waals surface area contributed by atoms with E-state index in [1.165, 1.54) is 0 Å². The summed E-state index contributed by atoms with van der Waals surface area (Å²) in [5.74, 6) is 1.21. The normalized spacial score (nSPS) is 11.1. The number of hydrogen-bond donors (Lipinski definition) is 0. The van der Waals surface area contributed by atoms with Gasteiger partial charge in [0.1, 0.15) is 6.61 Å². The molecule has 0 bridgehead atoms. The highest BCUT2D eigenvalue weighted by Gasteiger charge is 2.13. The van der Waals surface area contributed by atoms with E-state index < -0.39 is 0 Å². The van der Waals surface area contributed by atoms with Crippen molar-refractivity contribution in [3.63, 3.8) is 0 Å². The van der Waals surface area contributed by atoms with Crippen molar-refractivity contribution in [2.45, 2.75) is 6.61 Å². The van der Waals surface area contributed by atoms with Gasteiger partial charge in [0, 0.05) is 15.6 Å². The summed E-state index contributed by atoms with van der Waals surface area (Å²) in [7, 11) is 1.59. The lowest BCUT2D eigenvalue weighted by Crippen LogP contribution is -2.00. The van der Waals surface area contributed by atoms with Crippen LogP contribution in [0.1, 0.15) is 16.7 Å². The van der Waals surface area contributed by atoms with Crippen molar-refractivity contribution in [2.24, 2.45) is 0 Å². The van der Waals surface area contributed by atoms with E-state index in [2.05, 4.69) is 28.7 Å². The van der Waals surface area contributed by atoms with Gasteiger partial charge in [0.25, 0.3) is 0 Å². The maximum Gasteiger partial charge on any atom is 0.174 e. The third-order valence-electron chi connectivity index (χ3n) is 4.15. The average Bonchev–Trinajstić information content (AvgIpc) is 2.72. The Morgan fingerprint density at radius 1 is 1.10 bits per heavy atom. The Kier molecular flexibility index (Phi) is 7.43. The number of nitrogens with zero attached hydrogens (tertiary/aromatic N) is 1. The lowest BCUT2D eigenvalue weighted by Gasteiger charge is -2.14. The van der Waals surface area contributed by atoms with Gasteiger partial charge in [-0.3, -0.25) is 0 Å². The monoisotopic (exact) mass is 535 g/mol. The first kappa shape index (κ1) is 21.5. The fourth-order valence-corrected chi connectivity index (χ4v) is 3.89. The van der Waals surface area contributed by atoms with E-state index in [-0.39, 0.29) is 0 Å². The summed E-state index contributed by atoms with van der Waals surface area (Å²) in [5.41, 5.74) is 2.99. The van der Waals surface area contributed by atoms with Crippen LogP contribution < -0.4 is 9.47 Å². The molecule has 0 aliphatic carbocycles. The van der Waals surface area contributed by atoms with Crippen LogP contribution in [0.2, 0.25) is 10.0 Å². The van der Waals surface area contributed by atoms with Gasteiger partial charge in [-0.15, -0.1) is 0 Å². The summed E-state index contributed by atoms with van der Waals surface area (Å²) < 4.78 is 12.4. The molecule has 0 unspecified atom stereocenters. The molecule has 29 heavy (non-hydrogen) atoms. The van der Waals surface area contributed by atoms with Crippen LogP contribution in [0.4, 0.5) is 0 Å². The SMILES string of the molecule is COc1cc(/C=C(/C#N)c2cccc(Cl)c2)cc(I)c1OCc1ccccc1Cl. The third-order valence-corrected chi connectivity index (χ3v) is 5.55. The van der Waals surface area contributed by atoms with Gasteiger partial charge in [-0.25, -0.2) is 0 Å². The van der Waals surface area contributed by atoms with Crippen LogP contribution in [0, 0.1) is 14.9 Å². The first-order valence-electron chi connectivity index (χ1n) is 8.63. The van der Waals surface area contributed by atoms with E-state index in [0.717, 1.165) is 20.3 Å². The highest BCUT2D eigenvalue weighted by Crippen LogP contribution is 2.36. The largest absolute Gasteiger partial charge is 0.493 e. The second-order valence-electron chi connectivity index (χ2n) is 6.09. The van der Waals surface area contributed by atoms with Crippen molar-refractivity contribution in [3.8, 4) is 17.6 Å². The Hall–Kier alpha value is -2.20. The average molecular weight is 536 g/mol. The lowest BCUT2D eigenvalue weighted by atomic mass is 10.0. The number of nitriles is 1. The summed E-state index contributed by atoms with van der Waals surface area (Å²) in [5, 5.41) is 10.8. The minimum Gasteiger partial charge on any atom is -0.493 e. The molecular weight excluding hydrogens is 520 g/mol. The van der Waals surface area contributed by atoms with Crippen LogP contribution in [0.15, 0.2) is 60.7 Å². The molecule has 0 atom stereocenters. The van der Waals surface area contributed by atoms with Crippen molar-refractivity contribution >= 4 is 57.4 Å². The van der Waals surface area contributed by atoms with Crippen LogP contribution in [0.5, 0.6) is 11.5 Å². The predicted molar refractivity (Wildman–Crippen MR) is 126 cm³/mol. The Bertz CT molecular complexity index is 1110. The minimum atomic E-state index is 0.327. The van der Waals surface area contributed by atoms with Gasteiger partial charge >= 0.3 is 0 Å². The number of ether oxygens (including phenoxy) is 2. The van der Waals surface area contributed by atoms with Crippen LogP contribution >= 0.6 is 45.8 Å². The summed E-state index contributed by atoms with van der Waals surface area (Å²) in [4.78, 5) is 0. The summed E-state index contributed by atoms with van der Waals surface area (Å²) in [6.07, 6.45) is 1.80. The van der Waals surface area contributed by atoms with E-state index in [9.17, 15) is 5.26 Å². The second kappa shape index (κ2) is 10.0. The predicted octanol–water partition coefficient (Wildman–Crippen LogP) is 7.25. The molecule has 0 aromatic heterocycles. The van der Waals surface area contributed by atoms with Crippen LogP contribution in [0.25, 0.3) is 11.6 Å². The highest BCUT2D eigenvalue weighted by atomic mass is 127. The maximum atomic E-state index is 9.59. The van der Waals surface area contributed by atoms with Gasteiger partial charge in [0.2, 0.25) is 0 Å². The zero-order valence-electron chi connectivity index (χ0n) is 15.5. The second-order valence-corrected chi connectivity index (χ2v) is 8.10. The first-order chi connectivity index (χ1) is 14.0. The third kappa shape index (κ3) is 5.45. The van der Waals surface area contributed by atoms with Gasteiger partial charge in [0.15, 0.2) is 11.5 Å². The van der Waals surface area contributed by atoms with Crippen molar-refractivity contribution in [3.05, 3.63) is 91.0 Å². The van der Waals surface area contributed by atoms with E-state index in [1.54, 1.807) is 25.3 Å². The summed E-state index contributed by atoms with van der Waals surface area (Å²) >= 11 is 14.5. The number of methoxy groups -OCH3 is 1. The minimum absolute atomic E-state index is 0.327. The number of rotatable bonds is 6. The van der Waals surface area contributed by atoms with Crippen LogP contribution in [-0.2, 0) is 6.61 Å². The molecule has 0 heterocycles. The fourth-order valence-electron chi connectivity index (χ4n) is 2.73. The molecule has 0 radical (unpaired) electrons. The van der Waals surface area contributed by atoms with Gasteiger partial charge in [-0.05, 0) is 70.1 Å². The molecule has 146 valence electrons. The van der Waals surface area contributed by atoms with E-state index in [4.69, 9.17) is 32.7 Å². The van der Waals surface area contributed by atoms with Gasteiger partial charge in [-0.1, -0.05) is 53.5 Å². The van der Waals surface area contributed by atoms with Gasteiger partial charge in [0.05, 0.1) is 22.3 Å². The van der Waals surface area contributed by atoms with Gasteiger partial charge in [-0.2, -0.15) is 5.26 Å². The molecule has 3 aromatic rings. The smallest absolute Gasteiger partial charge is 0.174 e. The highest BCUT2D eigenvalue weighted by molar-refractivity contribution is 14.1.